The van der Waals surface area contributed by atoms with Gasteiger partial charge in [-0.15, -0.1) is 24.0 Å². The van der Waals surface area contributed by atoms with Crippen LogP contribution in [0.1, 0.15) is 38.2 Å². The number of halogens is 2. The van der Waals surface area contributed by atoms with E-state index in [4.69, 9.17) is 21.1 Å². The zero-order chi connectivity index (χ0) is 18.5. The molecule has 1 fully saturated rings. The fraction of sp³-hybridized carbons (Fsp3) is 0.611. The van der Waals surface area contributed by atoms with Gasteiger partial charge < -0.3 is 20.1 Å². The molecule has 1 aromatic carbocycles. The third kappa shape index (κ3) is 5.87. The molecule has 0 bridgehead atoms. The van der Waals surface area contributed by atoms with Crippen LogP contribution in [0, 0.1) is 0 Å². The maximum absolute atomic E-state index is 12.1. The van der Waals surface area contributed by atoms with Crippen LogP contribution in [-0.4, -0.2) is 41.1 Å². The van der Waals surface area contributed by atoms with Gasteiger partial charge in [0.1, 0.15) is 0 Å². The molecule has 0 saturated heterocycles. The molecule has 6 nitrogen and oxygen atoms in total. The van der Waals surface area contributed by atoms with Crippen LogP contribution in [0.2, 0.25) is 5.02 Å². The second kappa shape index (κ2) is 10.7. The Morgan fingerprint density at radius 1 is 1.37 bits per heavy atom. The fourth-order valence-electron chi connectivity index (χ4n) is 3.45. The SMILES string of the molecule is CCS(=O)C1CCCC(NC(=NC)NCc2cc(Cl)c3c(c2)OCO3)C1.I. The normalized spacial score (nSPS) is 22.7. The first-order valence-electron chi connectivity index (χ1n) is 9.03. The Morgan fingerprint density at radius 3 is 2.93 bits per heavy atom. The average Bonchev–Trinajstić information content (AvgIpc) is 3.14. The van der Waals surface area contributed by atoms with Crippen LogP contribution < -0.4 is 20.1 Å². The van der Waals surface area contributed by atoms with Crippen molar-refractivity contribution < 1.29 is 13.7 Å². The first-order valence-corrected chi connectivity index (χ1v) is 10.8. The molecule has 27 heavy (non-hydrogen) atoms. The Balaban J connectivity index is 0.00000261. The van der Waals surface area contributed by atoms with Crippen molar-refractivity contribution in [2.75, 3.05) is 19.6 Å². The van der Waals surface area contributed by atoms with E-state index in [0.29, 0.717) is 29.1 Å². The molecule has 0 spiro atoms. The molecule has 0 amide bonds. The number of benzene rings is 1. The van der Waals surface area contributed by atoms with Gasteiger partial charge in [0, 0.05) is 41.4 Å². The maximum atomic E-state index is 12.1. The summed E-state index contributed by atoms with van der Waals surface area (Å²) in [6.45, 7) is 2.77. The van der Waals surface area contributed by atoms with E-state index in [9.17, 15) is 4.21 Å². The van der Waals surface area contributed by atoms with Crippen LogP contribution >= 0.6 is 35.6 Å². The largest absolute Gasteiger partial charge is 0.454 e. The molecule has 1 aromatic rings. The third-order valence-electron chi connectivity index (χ3n) is 4.79. The zero-order valence-electron chi connectivity index (χ0n) is 15.6. The lowest BCUT2D eigenvalue weighted by molar-refractivity contribution is 0.174. The quantitative estimate of drug-likeness (QED) is 0.349. The van der Waals surface area contributed by atoms with E-state index in [-0.39, 0.29) is 36.0 Å². The molecule has 3 rings (SSSR count). The van der Waals surface area contributed by atoms with Crippen molar-refractivity contribution in [2.24, 2.45) is 4.99 Å². The second-order valence-corrected chi connectivity index (χ2v) is 8.95. The number of rotatable bonds is 5. The third-order valence-corrected chi connectivity index (χ3v) is 6.82. The van der Waals surface area contributed by atoms with E-state index in [1.807, 2.05) is 19.1 Å². The number of guanidine groups is 1. The van der Waals surface area contributed by atoms with Crippen molar-refractivity contribution in [1.29, 1.82) is 0 Å². The standard InChI is InChI=1S/C18H26ClN3O3S.HI/c1-3-26(23)14-6-4-5-13(9-14)22-18(20-2)21-10-12-7-15(19)17-16(8-12)24-11-25-17;/h7-8,13-14H,3-6,9-11H2,1-2H3,(H2,20,21,22);1H. The number of ether oxygens (including phenoxy) is 2. The molecule has 1 aliphatic heterocycles. The zero-order valence-corrected chi connectivity index (χ0v) is 19.5. The number of fused-ring (bicyclic) bond motifs is 1. The predicted molar refractivity (Wildman–Crippen MR) is 121 cm³/mol. The monoisotopic (exact) mass is 527 g/mol. The number of aliphatic imine (C=N–C) groups is 1. The van der Waals surface area contributed by atoms with E-state index in [2.05, 4.69) is 15.6 Å². The Hall–Kier alpha value is -0.740. The average molecular weight is 528 g/mol. The van der Waals surface area contributed by atoms with Gasteiger partial charge in [-0.25, -0.2) is 0 Å². The Labute approximate surface area is 185 Å². The van der Waals surface area contributed by atoms with E-state index in [1.54, 1.807) is 7.05 Å². The first-order chi connectivity index (χ1) is 12.6. The van der Waals surface area contributed by atoms with E-state index < -0.39 is 10.8 Å². The van der Waals surface area contributed by atoms with Gasteiger partial charge in [0.2, 0.25) is 6.79 Å². The molecular weight excluding hydrogens is 501 g/mol. The summed E-state index contributed by atoms with van der Waals surface area (Å²) in [6.07, 6.45) is 4.16. The molecule has 2 aliphatic rings. The molecule has 1 saturated carbocycles. The van der Waals surface area contributed by atoms with E-state index >= 15 is 0 Å². The molecule has 1 heterocycles. The highest BCUT2D eigenvalue weighted by Gasteiger charge is 2.26. The lowest BCUT2D eigenvalue weighted by atomic mass is 9.95. The molecule has 2 N–H and O–H groups in total. The van der Waals surface area contributed by atoms with Crippen molar-refractivity contribution in [3.63, 3.8) is 0 Å². The molecule has 3 unspecified atom stereocenters. The fourth-order valence-corrected chi connectivity index (χ4v) is 5.08. The van der Waals surface area contributed by atoms with Crippen LogP contribution in [0.3, 0.4) is 0 Å². The topological polar surface area (TPSA) is 72.0 Å². The molecule has 0 aromatic heterocycles. The summed E-state index contributed by atoms with van der Waals surface area (Å²) < 4.78 is 22.9. The van der Waals surface area contributed by atoms with Crippen LogP contribution in [-0.2, 0) is 17.3 Å². The first kappa shape index (κ1) is 22.5. The van der Waals surface area contributed by atoms with Crippen molar-refractivity contribution in [3.05, 3.63) is 22.7 Å². The van der Waals surface area contributed by atoms with Crippen molar-refractivity contribution in [3.8, 4) is 11.5 Å². The predicted octanol–water partition coefficient (Wildman–Crippen LogP) is 3.43. The molecule has 0 radical (unpaired) electrons. The molecular formula is C18H27ClIN3O3S. The van der Waals surface area contributed by atoms with Gasteiger partial charge in [-0.2, -0.15) is 0 Å². The molecule has 1 aliphatic carbocycles. The maximum Gasteiger partial charge on any atom is 0.231 e. The van der Waals surface area contributed by atoms with Crippen molar-refractivity contribution in [2.45, 2.75) is 50.4 Å². The summed E-state index contributed by atoms with van der Waals surface area (Å²) in [7, 11) is 1.03. The summed E-state index contributed by atoms with van der Waals surface area (Å²) >= 11 is 6.23. The Bertz CT molecular complexity index is 705. The minimum atomic E-state index is -0.728. The van der Waals surface area contributed by atoms with Crippen LogP contribution in [0.25, 0.3) is 0 Å². The van der Waals surface area contributed by atoms with Crippen LogP contribution in [0.15, 0.2) is 17.1 Å². The van der Waals surface area contributed by atoms with Gasteiger partial charge in [0.25, 0.3) is 0 Å². The summed E-state index contributed by atoms with van der Waals surface area (Å²) in [6, 6.07) is 4.10. The van der Waals surface area contributed by atoms with Gasteiger partial charge in [-0.3, -0.25) is 9.20 Å². The lowest BCUT2D eigenvalue weighted by Gasteiger charge is -2.30. The number of nitrogens with zero attached hydrogens (tertiary/aromatic N) is 1. The Morgan fingerprint density at radius 2 is 2.19 bits per heavy atom. The smallest absolute Gasteiger partial charge is 0.231 e. The highest BCUT2D eigenvalue weighted by Crippen LogP contribution is 2.39. The molecule has 9 heteroatoms. The summed E-state index contributed by atoms with van der Waals surface area (Å²) in [5, 5.41) is 7.63. The van der Waals surface area contributed by atoms with E-state index in [1.165, 1.54) is 0 Å². The Kier molecular flexibility index (Phi) is 8.94. The van der Waals surface area contributed by atoms with Gasteiger partial charge in [-0.05, 0) is 37.0 Å². The van der Waals surface area contributed by atoms with Gasteiger partial charge in [-0.1, -0.05) is 24.9 Å². The molecule has 152 valence electrons. The number of hydrogen-bond acceptors (Lipinski definition) is 4. The van der Waals surface area contributed by atoms with E-state index in [0.717, 1.165) is 43.0 Å². The summed E-state index contributed by atoms with van der Waals surface area (Å²) in [4.78, 5) is 4.31. The number of hydrogen-bond donors (Lipinski definition) is 2. The highest BCUT2D eigenvalue weighted by molar-refractivity contribution is 14.0. The second-order valence-electron chi connectivity index (χ2n) is 6.54. The van der Waals surface area contributed by atoms with Crippen LogP contribution in [0.5, 0.6) is 11.5 Å². The lowest BCUT2D eigenvalue weighted by Crippen LogP contribution is -2.46. The van der Waals surface area contributed by atoms with Gasteiger partial charge in [0.15, 0.2) is 17.5 Å². The minimum absolute atomic E-state index is 0. The minimum Gasteiger partial charge on any atom is -0.454 e. The summed E-state index contributed by atoms with van der Waals surface area (Å²) in [5.74, 6) is 2.76. The van der Waals surface area contributed by atoms with Crippen LogP contribution in [0.4, 0.5) is 0 Å². The van der Waals surface area contributed by atoms with Crippen molar-refractivity contribution in [1.82, 2.24) is 10.6 Å². The highest BCUT2D eigenvalue weighted by atomic mass is 127. The molecule has 3 atom stereocenters. The number of nitrogens with one attached hydrogen (secondary N) is 2. The van der Waals surface area contributed by atoms with Crippen molar-refractivity contribution >= 4 is 52.3 Å². The summed E-state index contributed by atoms with van der Waals surface area (Å²) in [5.41, 5.74) is 0.996. The van der Waals surface area contributed by atoms with Gasteiger partial charge in [0.05, 0.1) is 5.02 Å². The van der Waals surface area contributed by atoms with Gasteiger partial charge >= 0.3 is 0 Å².